The molecule has 2 aromatic heterocycles. The minimum atomic E-state index is -4.29. The fourth-order valence-corrected chi connectivity index (χ4v) is 3.61. The number of nitrogens with zero attached hydrogens (tertiary/aromatic N) is 3. The van der Waals surface area contributed by atoms with Crippen LogP contribution in [0.2, 0.25) is 5.02 Å². The van der Waals surface area contributed by atoms with Crippen LogP contribution in [0.1, 0.15) is 23.2 Å². The van der Waals surface area contributed by atoms with Crippen molar-refractivity contribution < 1.29 is 18.0 Å². The highest BCUT2D eigenvalue weighted by Crippen LogP contribution is 2.27. The van der Waals surface area contributed by atoms with Crippen LogP contribution in [0.4, 0.5) is 13.2 Å². The third-order valence-corrected chi connectivity index (χ3v) is 5.29. The van der Waals surface area contributed by atoms with Crippen LogP contribution in [-0.4, -0.2) is 26.4 Å². The number of carbonyl (C=O) groups excluding carboxylic acids is 1. The number of fused-ring (bicyclic) bond motifs is 1. The molecule has 0 aliphatic rings. The SMILES string of the molecule is O=Cc1ccc(-c2cc(=O)n3cc(-c4ccc(Cl)cc4)nc3n2CCCC(F)(F)F)cc1. The van der Waals surface area contributed by atoms with Gasteiger partial charge in [0.1, 0.15) is 6.29 Å². The molecular weight excluding hydrogens is 443 g/mol. The van der Waals surface area contributed by atoms with E-state index in [1.807, 2.05) is 0 Å². The van der Waals surface area contributed by atoms with Crippen LogP contribution in [-0.2, 0) is 6.54 Å². The van der Waals surface area contributed by atoms with Gasteiger partial charge in [-0.2, -0.15) is 13.2 Å². The fraction of sp³-hybridized carbons (Fsp3) is 0.174. The number of aryl methyl sites for hydroxylation is 1. The number of hydrogen-bond acceptors (Lipinski definition) is 3. The molecule has 2 aromatic carbocycles. The summed E-state index contributed by atoms with van der Waals surface area (Å²) in [4.78, 5) is 28.3. The van der Waals surface area contributed by atoms with E-state index in [9.17, 15) is 22.8 Å². The number of halogens is 4. The molecule has 0 N–H and O–H groups in total. The minimum absolute atomic E-state index is 0.00509. The zero-order valence-electron chi connectivity index (χ0n) is 16.6. The van der Waals surface area contributed by atoms with Crippen molar-refractivity contribution in [2.45, 2.75) is 25.6 Å². The third kappa shape index (κ3) is 4.60. The molecule has 0 aliphatic carbocycles. The molecule has 0 saturated carbocycles. The van der Waals surface area contributed by atoms with Gasteiger partial charge in [0.25, 0.3) is 5.56 Å². The molecule has 164 valence electrons. The molecule has 5 nitrogen and oxygen atoms in total. The van der Waals surface area contributed by atoms with Gasteiger partial charge in [-0.1, -0.05) is 48.0 Å². The van der Waals surface area contributed by atoms with Crippen molar-refractivity contribution in [1.29, 1.82) is 0 Å². The summed E-state index contributed by atoms with van der Waals surface area (Å²) in [5, 5.41) is 0.547. The van der Waals surface area contributed by atoms with Gasteiger partial charge in [-0.25, -0.2) is 4.98 Å². The smallest absolute Gasteiger partial charge is 0.311 e. The molecule has 0 amide bonds. The second-order valence-corrected chi connectivity index (χ2v) is 7.72. The van der Waals surface area contributed by atoms with Gasteiger partial charge in [-0.15, -0.1) is 0 Å². The minimum Gasteiger partial charge on any atom is -0.311 e. The molecule has 4 aromatic rings. The Morgan fingerprint density at radius 3 is 2.28 bits per heavy atom. The lowest BCUT2D eigenvalue weighted by molar-refractivity contribution is -0.135. The summed E-state index contributed by atoms with van der Waals surface area (Å²) < 4.78 is 41.3. The number of aromatic nitrogens is 3. The third-order valence-electron chi connectivity index (χ3n) is 5.04. The van der Waals surface area contributed by atoms with Gasteiger partial charge in [0.2, 0.25) is 5.78 Å². The number of alkyl halides is 3. The summed E-state index contributed by atoms with van der Waals surface area (Å²) in [5.74, 6) is 0.235. The summed E-state index contributed by atoms with van der Waals surface area (Å²) >= 11 is 5.94. The van der Waals surface area contributed by atoms with E-state index in [0.29, 0.717) is 33.8 Å². The van der Waals surface area contributed by atoms with Crippen LogP contribution < -0.4 is 5.56 Å². The van der Waals surface area contributed by atoms with Gasteiger partial charge in [-0.3, -0.25) is 14.0 Å². The van der Waals surface area contributed by atoms with Crippen LogP contribution >= 0.6 is 11.6 Å². The average Bonchev–Trinajstić information content (AvgIpc) is 3.21. The van der Waals surface area contributed by atoms with Gasteiger partial charge in [0.15, 0.2) is 0 Å². The summed E-state index contributed by atoms with van der Waals surface area (Å²) in [5.41, 5.74) is 2.32. The fourth-order valence-electron chi connectivity index (χ4n) is 3.48. The monoisotopic (exact) mass is 459 g/mol. The van der Waals surface area contributed by atoms with Crippen LogP contribution in [0.5, 0.6) is 0 Å². The molecule has 2 heterocycles. The Morgan fingerprint density at radius 1 is 1.00 bits per heavy atom. The van der Waals surface area contributed by atoms with Crippen LogP contribution in [0.25, 0.3) is 28.3 Å². The molecule has 0 radical (unpaired) electrons. The number of aldehydes is 1. The molecule has 0 aliphatic heterocycles. The average molecular weight is 460 g/mol. The first-order valence-corrected chi connectivity index (χ1v) is 10.1. The maximum Gasteiger partial charge on any atom is 0.389 e. The summed E-state index contributed by atoms with van der Waals surface area (Å²) in [6, 6.07) is 14.7. The van der Waals surface area contributed by atoms with E-state index in [1.54, 1.807) is 59.3 Å². The van der Waals surface area contributed by atoms with Crippen molar-refractivity contribution in [2.75, 3.05) is 0 Å². The van der Waals surface area contributed by atoms with Gasteiger partial charge in [0.05, 0.1) is 11.4 Å². The predicted molar refractivity (Wildman–Crippen MR) is 116 cm³/mol. The molecule has 0 unspecified atom stereocenters. The quantitative estimate of drug-likeness (QED) is 0.351. The highest BCUT2D eigenvalue weighted by atomic mass is 35.5. The van der Waals surface area contributed by atoms with Crippen molar-refractivity contribution >= 4 is 23.7 Å². The standard InChI is InChI=1S/C23H17ClF3N3O2/c24-18-8-6-16(7-9-18)19-13-30-21(32)12-20(17-4-2-15(14-31)3-5-17)29(22(30)28-19)11-1-10-23(25,26)27/h2-9,12-14H,1,10-11H2. The molecule has 0 fully saturated rings. The summed E-state index contributed by atoms with van der Waals surface area (Å²) in [6.45, 7) is 0.00509. The maximum atomic E-state index is 12.8. The van der Waals surface area contributed by atoms with Gasteiger partial charge in [-0.05, 0) is 24.1 Å². The largest absolute Gasteiger partial charge is 0.389 e. The van der Waals surface area contributed by atoms with E-state index < -0.39 is 12.6 Å². The first-order chi connectivity index (χ1) is 15.2. The van der Waals surface area contributed by atoms with Crippen molar-refractivity contribution in [3.05, 3.63) is 81.7 Å². The molecule has 0 bridgehead atoms. The second-order valence-electron chi connectivity index (χ2n) is 7.28. The van der Waals surface area contributed by atoms with Crippen molar-refractivity contribution in [3.8, 4) is 22.5 Å². The van der Waals surface area contributed by atoms with Crippen molar-refractivity contribution in [3.63, 3.8) is 0 Å². The lowest BCUT2D eigenvalue weighted by Crippen LogP contribution is -2.19. The van der Waals surface area contributed by atoms with Gasteiger partial charge < -0.3 is 4.57 Å². The first kappa shape index (κ1) is 21.8. The van der Waals surface area contributed by atoms with Crippen LogP contribution in [0, 0.1) is 0 Å². The molecule has 0 saturated heterocycles. The van der Waals surface area contributed by atoms with Gasteiger partial charge >= 0.3 is 6.18 Å². The Kier molecular flexibility index (Phi) is 5.88. The zero-order valence-corrected chi connectivity index (χ0v) is 17.4. The van der Waals surface area contributed by atoms with Crippen LogP contribution in [0.3, 0.4) is 0 Å². The highest BCUT2D eigenvalue weighted by Gasteiger charge is 2.26. The normalized spacial score (nSPS) is 11.8. The van der Waals surface area contributed by atoms with Gasteiger partial charge in [0, 0.05) is 41.4 Å². The Balaban J connectivity index is 1.86. The zero-order chi connectivity index (χ0) is 22.9. The lowest BCUT2D eigenvalue weighted by atomic mass is 10.1. The van der Waals surface area contributed by atoms with Crippen molar-refractivity contribution in [2.24, 2.45) is 0 Å². The molecule has 0 atom stereocenters. The Bertz CT molecular complexity index is 1320. The number of rotatable bonds is 6. The summed E-state index contributed by atoms with van der Waals surface area (Å²) in [6.07, 6.45) is -3.17. The van der Waals surface area contributed by atoms with Crippen molar-refractivity contribution in [1.82, 2.24) is 14.0 Å². The van der Waals surface area contributed by atoms with E-state index >= 15 is 0 Å². The molecule has 9 heteroatoms. The number of carbonyl (C=O) groups is 1. The Labute approximate surface area is 185 Å². The van der Waals surface area contributed by atoms with E-state index in [0.717, 1.165) is 5.56 Å². The molecule has 0 spiro atoms. The second kappa shape index (κ2) is 8.63. The van der Waals surface area contributed by atoms with E-state index in [4.69, 9.17) is 11.6 Å². The predicted octanol–water partition coefficient (Wildman–Crippen LogP) is 5.64. The summed E-state index contributed by atoms with van der Waals surface area (Å²) in [7, 11) is 0. The van der Waals surface area contributed by atoms with Crippen LogP contribution in [0.15, 0.2) is 65.6 Å². The van der Waals surface area contributed by atoms with E-state index in [-0.39, 0.29) is 24.3 Å². The molecule has 32 heavy (non-hydrogen) atoms. The molecule has 4 rings (SSSR count). The Hall–Kier alpha value is -3.39. The number of benzene rings is 2. The molecular formula is C23H17ClF3N3O2. The van der Waals surface area contributed by atoms with E-state index in [1.165, 1.54) is 10.5 Å². The number of imidazole rings is 1. The highest BCUT2D eigenvalue weighted by molar-refractivity contribution is 6.30. The maximum absolute atomic E-state index is 12.8. The topological polar surface area (TPSA) is 56.4 Å². The Morgan fingerprint density at radius 2 is 1.66 bits per heavy atom. The van der Waals surface area contributed by atoms with E-state index in [2.05, 4.69) is 4.98 Å². The first-order valence-electron chi connectivity index (χ1n) is 9.76. The lowest BCUT2D eigenvalue weighted by Gasteiger charge is -2.16. The number of hydrogen-bond donors (Lipinski definition) is 0.